The number of aromatic nitrogens is 1. The highest BCUT2D eigenvalue weighted by atomic mass is 79.9. The Bertz CT molecular complexity index is 619. The highest BCUT2D eigenvalue weighted by Gasteiger charge is 2.17. The molecule has 1 heterocycles. The van der Waals surface area contributed by atoms with Gasteiger partial charge in [0.15, 0.2) is 0 Å². The van der Waals surface area contributed by atoms with Crippen LogP contribution in [0.2, 0.25) is 0 Å². The Morgan fingerprint density at radius 1 is 1.42 bits per heavy atom. The lowest BCUT2D eigenvalue weighted by molar-refractivity contribution is 0.101. The number of nitrogens with one attached hydrogen (secondary N) is 1. The maximum Gasteiger partial charge on any atom is 0.263 e. The van der Waals surface area contributed by atoms with E-state index in [0.717, 1.165) is 4.47 Å². The van der Waals surface area contributed by atoms with Crippen molar-refractivity contribution >= 4 is 27.7 Å². The van der Waals surface area contributed by atoms with E-state index in [-0.39, 0.29) is 11.3 Å². The first-order valence-electron chi connectivity index (χ1n) is 5.37. The predicted octanol–water partition coefficient (Wildman–Crippen LogP) is 3.24. The number of halogens is 2. The minimum Gasteiger partial charge on any atom is -0.496 e. The highest BCUT2D eigenvalue weighted by molar-refractivity contribution is 9.10. The van der Waals surface area contributed by atoms with Crippen LogP contribution in [0.4, 0.5) is 10.2 Å². The van der Waals surface area contributed by atoms with Crippen LogP contribution in [-0.4, -0.2) is 18.0 Å². The van der Waals surface area contributed by atoms with Gasteiger partial charge in [0.25, 0.3) is 5.91 Å². The molecule has 0 saturated carbocycles. The summed E-state index contributed by atoms with van der Waals surface area (Å²) in [6, 6.07) is 7.53. The summed E-state index contributed by atoms with van der Waals surface area (Å²) in [6.45, 7) is 0. The number of amides is 1. The van der Waals surface area contributed by atoms with Gasteiger partial charge in [-0.15, -0.1) is 0 Å². The number of ether oxygens (including phenoxy) is 1. The fourth-order valence-electron chi connectivity index (χ4n) is 1.55. The number of anilines is 1. The van der Waals surface area contributed by atoms with Crippen molar-refractivity contribution in [1.29, 1.82) is 0 Å². The van der Waals surface area contributed by atoms with Crippen LogP contribution in [0.15, 0.2) is 41.0 Å². The molecule has 0 radical (unpaired) electrons. The molecule has 1 aromatic carbocycles. The average Bonchev–Trinajstić information content (AvgIpc) is 2.38. The molecule has 4 nitrogen and oxygen atoms in total. The van der Waals surface area contributed by atoms with Crippen LogP contribution >= 0.6 is 15.9 Å². The third-order valence-electron chi connectivity index (χ3n) is 2.39. The lowest BCUT2D eigenvalue weighted by Gasteiger charge is -2.09. The number of rotatable bonds is 3. The van der Waals surface area contributed by atoms with Crippen molar-refractivity contribution in [2.45, 2.75) is 0 Å². The summed E-state index contributed by atoms with van der Waals surface area (Å²) < 4.78 is 19.4. The molecular formula is C13H10BrFN2O2. The monoisotopic (exact) mass is 324 g/mol. The van der Waals surface area contributed by atoms with E-state index in [2.05, 4.69) is 26.2 Å². The van der Waals surface area contributed by atoms with Crippen LogP contribution in [0.5, 0.6) is 5.75 Å². The van der Waals surface area contributed by atoms with E-state index in [0.29, 0.717) is 5.82 Å². The van der Waals surface area contributed by atoms with Gasteiger partial charge in [-0.3, -0.25) is 4.79 Å². The van der Waals surface area contributed by atoms with Crippen LogP contribution in [0.3, 0.4) is 0 Å². The molecule has 1 aromatic heterocycles. The zero-order valence-corrected chi connectivity index (χ0v) is 11.6. The first-order chi connectivity index (χ1) is 9.11. The topological polar surface area (TPSA) is 51.2 Å². The molecule has 6 heteroatoms. The van der Waals surface area contributed by atoms with E-state index in [1.54, 1.807) is 12.1 Å². The van der Waals surface area contributed by atoms with E-state index >= 15 is 0 Å². The summed E-state index contributed by atoms with van der Waals surface area (Å²) >= 11 is 3.26. The summed E-state index contributed by atoms with van der Waals surface area (Å²) in [4.78, 5) is 16.0. The number of pyridine rings is 1. The molecule has 0 saturated heterocycles. The van der Waals surface area contributed by atoms with E-state index in [1.165, 1.54) is 31.5 Å². The smallest absolute Gasteiger partial charge is 0.263 e. The van der Waals surface area contributed by atoms with Gasteiger partial charge in [-0.1, -0.05) is 22.0 Å². The largest absolute Gasteiger partial charge is 0.496 e. The van der Waals surface area contributed by atoms with Gasteiger partial charge >= 0.3 is 0 Å². The van der Waals surface area contributed by atoms with Gasteiger partial charge in [0, 0.05) is 10.7 Å². The Morgan fingerprint density at radius 3 is 2.89 bits per heavy atom. The van der Waals surface area contributed by atoms with Crippen molar-refractivity contribution in [2.24, 2.45) is 0 Å². The van der Waals surface area contributed by atoms with Crippen LogP contribution < -0.4 is 10.1 Å². The van der Waals surface area contributed by atoms with Crippen molar-refractivity contribution in [2.75, 3.05) is 12.4 Å². The normalized spacial score (nSPS) is 10.1. The van der Waals surface area contributed by atoms with Gasteiger partial charge in [-0.25, -0.2) is 9.37 Å². The number of nitrogens with zero attached hydrogens (tertiary/aromatic N) is 1. The van der Waals surface area contributed by atoms with Crippen LogP contribution in [0.25, 0.3) is 0 Å². The van der Waals surface area contributed by atoms with E-state index in [1.807, 2.05) is 0 Å². The highest BCUT2D eigenvalue weighted by Crippen LogP contribution is 2.22. The third-order valence-corrected chi connectivity index (χ3v) is 2.88. The van der Waals surface area contributed by atoms with Crippen molar-refractivity contribution < 1.29 is 13.9 Å². The number of hydrogen-bond donors (Lipinski definition) is 1. The van der Waals surface area contributed by atoms with Gasteiger partial charge in [-0.05, 0) is 24.3 Å². The third kappa shape index (κ3) is 3.08. The van der Waals surface area contributed by atoms with Gasteiger partial charge in [0.1, 0.15) is 22.9 Å². The molecule has 0 unspecified atom stereocenters. The molecule has 0 atom stereocenters. The minimum atomic E-state index is -0.646. The van der Waals surface area contributed by atoms with Gasteiger partial charge < -0.3 is 10.1 Å². The summed E-state index contributed by atoms with van der Waals surface area (Å²) in [7, 11) is 1.38. The number of carbonyl (C=O) groups excluding carboxylic acids is 1. The van der Waals surface area contributed by atoms with Crippen molar-refractivity contribution in [1.82, 2.24) is 4.98 Å². The van der Waals surface area contributed by atoms with Crippen molar-refractivity contribution in [3.05, 3.63) is 52.4 Å². The molecule has 1 N–H and O–H groups in total. The molecule has 2 rings (SSSR count). The molecule has 0 spiro atoms. The van der Waals surface area contributed by atoms with E-state index in [9.17, 15) is 9.18 Å². The molecule has 1 amide bonds. The Labute approximate surface area is 117 Å². The molecule has 0 bridgehead atoms. The molecule has 0 aliphatic carbocycles. The minimum absolute atomic E-state index is 0.147. The predicted molar refractivity (Wildman–Crippen MR) is 72.8 cm³/mol. The molecule has 2 aromatic rings. The maximum absolute atomic E-state index is 13.7. The van der Waals surface area contributed by atoms with Crippen molar-refractivity contribution in [3.8, 4) is 5.75 Å². The summed E-state index contributed by atoms with van der Waals surface area (Å²) in [5.41, 5.74) is -0.147. The van der Waals surface area contributed by atoms with E-state index < -0.39 is 11.7 Å². The average molecular weight is 325 g/mol. The summed E-state index contributed by atoms with van der Waals surface area (Å²) in [6.07, 6.45) is 1.53. The molecule has 0 aliphatic rings. The molecule has 0 fully saturated rings. The molecular weight excluding hydrogens is 315 g/mol. The standard InChI is InChI=1S/C13H10BrFN2O2/c1-19-10-4-2-3-9(15)12(10)13(18)17-11-7-8(14)5-6-16-11/h2-7H,1H3,(H,16,17,18). The maximum atomic E-state index is 13.7. The van der Waals surface area contributed by atoms with Gasteiger partial charge in [-0.2, -0.15) is 0 Å². The van der Waals surface area contributed by atoms with Gasteiger partial charge in [0.2, 0.25) is 0 Å². The summed E-state index contributed by atoms with van der Waals surface area (Å²) in [5, 5.41) is 2.51. The first kappa shape index (κ1) is 13.5. The summed E-state index contributed by atoms with van der Waals surface area (Å²) in [5.74, 6) is -0.760. The second-order valence-electron chi connectivity index (χ2n) is 3.63. The Hall–Kier alpha value is -1.95. The Kier molecular flexibility index (Phi) is 4.11. The quantitative estimate of drug-likeness (QED) is 0.942. The zero-order chi connectivity index (χ0) is 13.8. The lowest BCUT2D eigenvalue weighted by Crippen LogP contribution is -2.15. The number of hydrogen-bond acceptors (Lipinski definition) is 3. The molecule has 19 heavy (non-hydrogen) atoms. The number of carbonyl (C=O) groups is 1. The second-order valence-corrected chi connectivity index (χ2v) is 4.55. The Morgan fingerprint density at radius 2 is 2.21 bits per heavy atom. The zero-order valence-electron chi connectivity index (χ0n) is 9.98. The van der Waals surface area contributed by atoms with Crippen LogP contribution in [0.1, 0.15) is 10.4 Å². The second kappa shape index (κ2) is 5.79. The Balaban J connectivity index is 2.30. The SMILES string of the molecule is COc1cccc(F)c1C(=O)Nc1cc(Br)ccn1. The van der Waals surface area contributed by atoms with Crippen LogP contribution in [0, 0.1) is 5.82 Å². The fraction of sp³-hybridized carbons (Fsp3) is 0.0769. The number of benzene rings is 1. The lowest BCUT2D eigenvalue weighted by atomic mass is 10.1. The van der Waals surface area contributed by atoms with Crippen LogP contribution in [-0.2, 0) is 0 Å². The molecule has 0 aliphatic heterocycles. The number of methoxy groups -OCH3 is 1. The first-order valence-corrected chi connectivity index (χ1v) is 6.16. The van der Waals surface area contributed by atoms with Gasteiger partial charge in [0.05, 0.1) is 7.11 Å². The molecule has 98 valence electrons. The fourth-order valence-corrected chi connectivity index (χ4v) is 1.88. The van der Waals surface area contributed by atoms with Crippen molar-refractivity contribution in [3.63, 3.8) is 0 Å². The van der Waals surface area contributed by atoms with E-state index in [4.69, 9.17) is 4.74 Å².